The van der Waals surface area contributed by atoms with Gasteiger partial charge in [0.25, 0.3) is 0 Å². The fraction of sp³-hybridized carbons (Fsp3) is 0.333. The van der Waals surface area contributed by atoms with Gasteiger partial charge in [0, 0.05) is 0 Å². The monoisotopic (exact) mass is 120 g/mol. The van der Waals surface area contributed by atoms with Crippen LogP contribution in [0.1, 0.15) is 20.8 Å². The lowest BCUT2D eigenvalue weighted by atomic mass is 10.3. The predicted octanol–water partition coefficient (Wildman–Crippen LogP) is 2.53. The van der Waals surface area contributed by atoms with Crippen LogP contribution in [0, 0.1) is 11.8 Å². The summed E-state index contributed by atoms with van der Waals surface area (Å²) in [4.78, 5) is 0. The highest BCUT2D eigenvalue weighted by molar-refractivity contribution is 5.23. The summed E-state index contributed by atoms with van der Waals surface area (Å²) in [6.07, 6.45) is 5.90. The largest absolute Gasteiger partial charge is 0.102 e. The van der Waals surface area contributed by atoms with Gasteiger partial charge >= 0.3 is 0 Å². The molecule has 0 amide bonds. The summed E-state index contributed by atoms with van der Waals surface area (Å²) in [5, 5.41) is 0. The van der Waals surface area contributed by atoms with Crippen LogP contribution in [0.4, 0.5) is 0 Å². The number of allylic oxidation sites excluding steroid dienone is 4. The molecule has 0 nitrogen and oxygen atoms in total. The Morgan fingerprint density at radius 1 is 1.44 bits per heavy atom. The highest BCUT2D eigenvalue weighted by Crippen LogP contribution is 1.91. The van der Waals surface area contributed by atoms with E-state index < -0.39 is 0 Å². The maximum absolute atomic E-state index is 2.84. The molecule has 0 heterocycles. The van der Waals surface area contributed by atoms with E-state index in [2.05, 4.69) is 11.8 Å². The van der Waals surface area contributed by atoms with E-state index in [0.717, 1.165) is 0 Å². The van der Waals surface area contributed by atoms with Crippen LogP contribution in [0.5, 0.6) is 0 Å². The molecule has 0 unspecified atom stereocenters. The molecule has 0 aromatic rings. The quantitative estimate of drug-likeness (QED) is 0.368. The van der Waals surface area contributed by atoms with Crippen molar-refractivity contribution in [3.8, 4) is 11.8 Å². The van der Waals surface area contributed by atoms with Crippen molar-refractivity contribution in [2.45, 2.75) is 20.8 Å². The van der Waals surface area contributed by atoms with Crippen LogP contribution in [0.15, 0.2) is 23.8 Å². The molecule has 0 fully saturated rings. The van der Waals surface area contributed by atoms with Crippen molar-refractivity contribution in [2.24, 2.45) is 0 Å². The molecular weight excluding hydrogens is 108 g/mol. The van der Waals surface area contributed by atoms with Gasteiger partial charge in [0.05, 0.1) is 0 Å². The minimum absolute atomic E-state index is 1.25. The van der Waals surface area contributed by atoms with Crippen LogP contribution in [-0.2, 0) is 0 Å². The molecule has 0 saturated carbocycles. The van der Waals surface area contributed by atoms with Crippen molar-refractivity contribution in [1.82, 2.24) is 0 Å². The van der Waals surface area contributed by atoms with Gasteiger partial charge < -0.3 is 0 Å². The molecule has 0 saturated heterocycles. The summed E-state index contributed by atoms with van der Waals surface area (Å²) >= 11 is 0. The lowest BCUT2D eigenvalue weighted by Crippen LogP contribution is -1.61. The number of rotatable bonds is 1. The Morgan fingerprint density at radius 3 is 2.56 bits per heavy atom. The van der Waals surface area contributed by atoms with E-state index in [-0.39, 0.29) is 0 Å². The van der Waals surface area contributed by atoms with Gasteiger partial charge in [0.2, 0.25) is 0 Å². The zero-order chi connectivity index (χ0) is 7.11. The minimum atomic E-state index is 1.25. The second-order valence-corrected chi connectivity index (χ2v) is 1.76. The van der Waals surface area contributed by atoms with Gasteiger partial charge in [-0.2, -0.15) is 0 Å². The maximum atomic E-state index is 2.84. The molecule has 0 bridgehead atoms. The van der Waals surface area contributed by atoms with Crippen molar-refractivity contribution < 1.29 is 0 Å². The van der Waals surface area contributed by atoms with Crippen LogP contribution in [-0.4, -0.2) is 0 Å². The van der Waals surface area contributed by atoms with E-state index in [0.29, 0.717) is 0 Å². The first-order valence-corrected chi connectivity index (χ1v) is 3.03. The lowest BCUT2D eigenvalue weighted by Gasteiger charge is -1.81. The van der Waals surface area contributed by atoms with Crippen LogP contribution >= 0.6 is 0 Å². The van der Waals surface area contributed by atoms with Gasteiger partial charge in [0.15, 0.2) is 0 Å². The Balaban J connectivity index is 3.81. The zero-order valence-corrected chi connectivity index (χ0v) is 6.23. The standard InChI is InChI=1S/C9H12/c1-4-6-7-8-9(3)5-2/h5,7-8H,1-3H3/b8-7+,9-5+. The predicted molar refractivity (Wildman–Crippen MR) is 42.0 cm³/mol. The summed E-state index contributed by atoms with van der Waals surface area (Å²) in [6, 6.07) is 0. The van der Waals surface area contributed by atoms with Gasteiger partial charge in [-0.3, -0.25) is 0 Å². The Hall–Kier alpha value is -0.960. The first kappa shape index (κ1) is 8.04. The van der Waals surface area contributed by atoms with Crippen LogP contribution < -0.4 is 0 Å². The van der Waals surface area contributed by atoms with Gasteiger partial charge in [-0.1, -0.05) is 23.6 Å². The van der Waals surface area contributed by atoms with Crippen molar-refractivity contribution in [2.75, 3.05) is 0 Å². The summed E-state index contributed by atoms with van der Waals surface area (Å²) in [5.41, 5.74) is 1.25. The third-order valence-electron chi connectivity index (χ3n) is 1.03. The summed E-state index contributed by atoms with van der Waals surface area (Å²) in [7, 11) is 0. The van der Waals surface area contributed by atoms with Crippen molar-refractivity contribution in [3.05, 3.63) is 23.8 Å². The molecule has 48 valence electrons. The molecule has 0 radical (unpaired) electrons. The third kappa shape index (κ3) is 4.90. The minimum Gasteiger partial charge on any atom is -0.102 e. The zero-order valence-electron chi connectivity index (χ0n) is 6.23. The van der Waals surface area contributed by atoms with E-state index in [4.69, 9.17) is 0 Å². The molecule has 9 heavy (non-hydrogen) atoms. The third-order valence-corrected chi connectivity index (χ3v) is 1.03. The van der Waals surface area contributed by atoms with Crippen LogP contribution in [0.2, 0.25) is 0 Å². The van der Waals surface area contributed by atoms with Gasteiger partial charge in [-0.15, -0.1) is 5.92 Å². The van der Waals surface area contributed by atoms with E-state index >= 15 is 0 Å². The molecule has 0 N–H and O–H groups in total. The molecule has 0 heteroatoms. The first-order chi connectivity index (χ1) is 4.31. The maximum Gasteiger partial charge on any atom is -0.00235 e. The topological polar surface area (TPSA) is 0 Å². The molecule has 0 rings (SSSR count). The van der Waals surface area contributed by atoms with Crippen molar-refractivity contribution in [3.63, 3.8) is 0 Å². The number of hydrogen-bond acceptors (Lipinski definition) is 0. The van der Waals surface area contributed by atoms with E-state index in [9.17, 15) is 0 Å². The van der Waals surface area contributed by atoms with Crippen molar-refractivity contribution >= 4 is 0 Å². The second kappa shape index (κ2) is 5.18. The Morgan fingerprint density at radius 2 is 2.11 bits per heavy atom. The molecule has 0 aromatic carbocycles. The SMILES string of the molecule is CC#C/C=C/C(C)=C/C. The van der Waals surface area contributed by atoms with Gasteiger partial charge in [-0.25, -0.2) is 0 Å². The molecule has 0 atom stereocenters. The second-order valence-electron chi connectivity index (χ2n) is 1.76. The smallest absolute Gasteiger partial charge is 0.00235 e. The Labute approximate surface area is 57.3 Å². The first-order valence-electron chi connectivity index (χ1n) is 3.03. The van der Waals surface area contributed by atoms with Crippen molar-refractivity contribution in [1.29, 1.82) is 0 Å². The molecule has 0 spiro atoms. The van der Waals surface area contributed by atoms with Crippen LogP contribution in [0.3, 0.4) is 0 Å². The molecule has 0 aliphatic rings. The van der Waals surface area contributed by atoms with Gasteiger partial charge in [0.1, 0.15) is 0 Å². The fourth-order valence-electron chi connectivity index (χ4n) is 0.353. The lowest BCUT2D eigenvalue weighted by molar-refractivity contribution is 1.48. The fourth-order valence-corrected chi connectivity index (χ4v) is 0.353. The average Bonchev–Trinajstić information content (AvgIpc) is 1.89. The average molecular weight is 120 g/mol. The molecule has 0 aliphatic carbocycles. The summed E-state index contributed by atoms with van der Waals surface area (Å²) in [5.74, 6) is 5.63. The highest BCUT2D eigenvalue weighted by atomic mass is 13.8. The Bertz CT molecular complexity index is 172. The van der Waals surface area contributed by atoms with E-state index in [1.807, 2.05) is 39.0 Å². The van der Waals surface area contributed by atoms with E-state index in [1.165, 1.54) is 5.57 Å². The Kier molecular flexibility index (Phi) is 4.63. The molecule has 0 aromatic heterocycles. The molecular formula is C9H12. The summed E-state index contributed by atoms with van der Waals surface area (Å²) in [6.45, 7) is 5.89. The molecule has 0 aliphatic heterocycles. The highest BCUT2D eigenvalue weighted by Gasteiger charge is 1.71. The van der Waals surface area contributed by atoms with Gasteiger partial charge in [-0.05, 0) is 26.8 Å². The number of hydrogen-bond donors (Lipinski definition) is 0. The normalized spacial score (nSPS) is 11.2. The summed E-state index contributed by atoms with van der Waals surface area (Å²) < 4.78 is 0. The van der Waals surface area contributed by atoms with E-state index in [1.54, 1.807) is 0 Å². The van der Waals surface area contributed by atoms with Crippen LogP contribution in [0.25, 0.3) is 0 Å².